The third-order valence-electron chi connectivity index (χ3n) is 3.27. The van der Waals surface area contributed by atoms with Crippen LogP contribution in [0.25, 0.3) is 0 Å². The van der Waals surface area contributed by atoms with Gasteiger partial charge in [-0.25, -0.2) is 0 Å². The van der Waals surface area contributed by atoms with Gasteiger partial charge >= 0.3 is 5.97 Å². The molecule has 0 amide bonds. The topological polar surface area (TPSA) is 38.3 Å². The molecule has 0 aromatic heterocycles. The molecule has 3 heteroatoms. The van der Waals surface area contributed by atoms with E-state index < -0.39 is 0 Å². The lowest BCUT2D eigenvalue weighted by molar-refractivity contribution is -0.143. The lowest BCUT2D eigenvalue weighted by Crippen LogP contribution is -2.24. The second-order valence-electron chi connectivity index (χ2n) is 5.07. The van der Waals surface area contributed by atoms with Crippen LogP contribution in [0.5, 0.6) is 0 Å². The van der Waals surface area contributed by atoms with E-state index in [1.807, 2.05) is 37.3 Å². The van der Waals surface area contributed by atoms with E-state index in [9.17, 15) is 4.79 Å². The summed E-state index contributed by atoms with van der Waals surface area (Å²) in [4.78, 5) is 11.7. The highest BCUT2D eigenvalue weighted by atomic mass is 16.5. The first-order chi connectivity index (χ1) is 9.76. The quantitative estimate of drug-likeness (QED) is 0.509. The Bertz CT molecular complexity index is 365. The maximum absolute atomic E-state index is 11.7. The van der Waals surface area contributed by atoms with Crippen LogP contribution in [-0.4, -0.2) is 18.6 Å². The molecule has 1 rings (SSSR count). The van der Waals surface area contributed by atoms with Gasteiger partial charge in [0.25, 0.3) is 0 Å². The summed E-state index contributed by atoms with van der Waals surface area (Å²) in [7, 11) is 0. The number of ether oxygens (including phenoxy) is 1. The summed E-state index contributed by atoms with van der Waals surface area (Å²) < 4.78 is 5.06. The van der Waals surface area contributed by atoms with Gasteiger partial charge in [0.2, 0.25) is 0 Å². The van der Waals surface area contributed by atoms with Crippen molar-refractivity contribution in [1.29, 1.82) is 0 Å². The number of carbonyl (C=O) groups excluding carboxylic acids is 1. The Kier molecular flexibility index (Phi) is 8.52. The van der Waals surface area contributed by atoms with Gasteiger partial charge in [-0.1, -0.05) is 50.8 Å². The maximum atomic E-state index is 11.7. The van der Waals surface area contributed by atoms with E-state index in [1.165, 1.54) is 19.3 Å². The number of carbonyl (C=O) groups is 1. The summed E-state index contributed by atoms with van der Waals surface area (Å²) >= 11 is 0. The average molecular weight is 277 g/mol. The molecule has 1 atom stereocenters. The largest absolute Gasteiger partial charge is 0.466 e. The predicted octanol–water partition coefficient (Wildman–Crippen LogP) is 4.39. The smallest absolute Gasteiger partial charge is 0.307 e. The second kappa shape index (κ2) is 10.3. The van der Waals surface area contributed by atoms with Crippen molar-refractivity contribution in [3.8, 4) is 0 Å². The van der Waals surface area contributed by atoms with Crippen LogP contribution in [0.2, 0.25) is 0 Å². The third-order valence-corrected chi connectivity index (χ3v) is 3.27. The zero-order valence-corrected chi connectivity index (χ0v) is 12.7. The Morgan fingerprint density at radius 3 is 2.55 bits per heavy atom. The molecule has 0 saturated heterocycles. The zero-order chi connectivity index (χ0) is 14.6. The molecule has 0 aliphatic carbocycles. The zero-order valence-electron chi connectivity index (χ0n) is 12.7. The van der Waals surface area contributed by atoms with Gasteiger partial charge in [0.05, 0.1) is 13.0 Å². The van der Waals surface area contributed by atoms with Crippen molar-refractivity contribution in [2.75, 3.05) is 11.9 Å². The van der Waals surface area contributed by atoms with Crippen LogP contribution in [0.4, 0.5) is 5.69 Å². The lowest BCUT2D eigenvalue weighted by atomic mass is 10.0. The number of nitrogens with one attached hydrogen (secondary N) is 1. The molecule has 1 aromatic rings. The maximum Gasteiger partial charge on any atom is 0.307 e. The van der Waals surface area contributed by atoms with Gasteiger partial charge in [-0.05, 0) is 25.5 Å². The first-order valence-electron chi connectivity index (χ1n) is 7.73. The number of unbranched alkanes of at least 4 members (excludes halogenated alkanes) is 3. The summed E-state index contributed by atoms with van der Waals surface area (Å²) in [6.45, 7) is 4.50. The summed E-state index contributed by atoms with van der Waals surface area (Å²) in [6.07, 6.45) is 6.32. The molecule has 0 fully saturated rings. The molecule has 0 bridgehead atoms. The van der Waals surface area contributed by atoms with Crippen molar-refractivity contribution in [2.45, 2.75) is 58.4 Å². The Morgan fingerprint density at radius 2 is 1.90 bits per heavy atom. The minimum Gasteiger partial charge on any atom is -0.466 e. The molecule has 112 valence electrons. The van der Waals surface area contributed by atoms with Crippen LogP contribution in [0.3, 0.4) is 0 Å². The summed E-state index contributed by atoms with van der Waals surface area (Å²) in [5.74, 6) is -0.114. The number of esters is 1. The minimum absolute atomic E-state index is 0.114. The van der Waals surface area contributed by atoms with Crippen molar-refractivity contribution in [2.24, 2.45) is 0 Å². The van der Waals surface area contributed by atoms with Crippen molar-refractivity contribution in [3.05, 3.63) is 30.3 Å². The highest BCUT2D eigenvalue weighted by molar-refractivity contribution is 5.70. The molecule has 0 unspecified atom stereocenters. The van der Waals surface area contributed by atoms with E-state index in [2.05, 4.69) is 12.2 Å². The summed E-state index contributed by atoms with van der Waals surface area (Å²) in [5, 5.41) is 3.44. The SMILES string of the molecule is CCCCCC[C@H](CC(=O)OCC)Nc1ccccc1. The van der Waals surface area contributed by atoms with Gasteiger partial charge in [0, 0.05) is 11.7 Å². The second-order valence-corrected chi connectivity index (χ2v) is 5.07. The molecule has 1 N–H and O–H groups in total. The fourth-order valence-electron chi connectivity index (χ4n) is 2.23. The van der Waals surface area contributed by atoms with Gasteiger partial charge < -0.3 is 10.1 Å². The Labute approximate surface area is 122 Å². The molecule has 0 heterocycles. The number of para-hydroxylation sites is 1. The summed E-state index contributed by atoms with van der Waals surface area (Å²) in [6, 6.07) is 10.2. The van der Waals surface area contributed by atoms with Gasteiger partial charge in [-0.15, -0.1) is 0 Å². The molecule has 0 aliphatic heterocycles. The Morgan fingerprint density at radius 1 is 1.15 bits per heavy atom. The van der Waals surface area contributed by atoms with Crippen LogP contribution in [0.1, 0.15) is 52.4 Å². The van der Waals surface area contributed by atoms with E-state index in [-0.39, 0.29) is 12.0 Å². The van der Waals surface area contributed by atoms with Crippen LogP contribution >= 0.6 is 0 Å². The highest BCUT2D eigenvalue weighted by Gasteiger charge is 2.14. The molecule has 0 aliphatic rings. The number of hydrogen-bond donors (Lipinski definition) is 1. The van der Waals surface area contributed by atoms with E-state index in [4.69, 9.17) is 4.74 Å². The van der Waals surface area contributed by atoms with E-state index in [1.54, 1.807) is 0 Å². The Hall–Kier alpha value is -1.51. The minimum atomic E-state index is -0.114. The lowest BCUT2D eigenvalue weighted by Gasteiger charge is -2.19. The van der Waals surface area contributed by atoms with Crippen LogP contribution in [0, 0.1) is 0 Å². The standard InChI is InChI=1S/C17H27NO2/c1-3-5-6-8-13-16(14-17(19)20-4-2)18-15-11-9-7-10-12-15/h7,9-12,16,18H,3-6,8,13-14H2,1-2H3/t16-/m1/s1. The molecule has 0 spiro atoms. The van der Waals surface area contributed by atoms with E-state index >= 15 is 0 Å². The number of benzene rings is 1. The van der Waals surface area contributed by atoms with Gasteiger partial charge in [0.15, 0.2) is 0 Å². The fourth-order valence-corrected chi connectivity index (χ4v) is 2.23. The molecule has 3 nitrogen and oxygen atoms in total. The van der Waals surface area contributed by atoms with Crippen molar-refractivity contribution >= 4 is 11.7 Å². The molecule has 20 heavy (non-hydrogen) atoms. The Balaban J connectivity index is 2.47. The van der Waals surface area contributed by atoms with Gasteiger partial charge in [-0.3, -0.25) is 4.79 Å². The van der Waals surface area contributed by atoms with Crippen LogP contribution < -0.4 is 5.32 Å². The van der Waals surface area contributed by atoms with Gasteiger partial charge in [0.1, 0.15) is 0 Å². The summed E-state index contributed by atoms with van der Waals surface area (Å²) in [5.41, 5.74) is 1.07. The molecular formula is C17H27NO2. The van der Waals surface area contributed by atoms with Crippen LogP contribution in [-0.2, 0) is 9.53 Å². The normalized spacial score (nSPS) is 11.9. The van der Waals surface area contributed by atoms with Crippen molar-refractivity contribution < 1.29 is 9.53 Å². The average Bonchev–Trinajstić information content (AvgIpc) is 2.45. The van der Waals surface area contributed by atoms with E-state index in [0.717, 1.165) is 18.5 Å². The van der Waals surface area contributed by atoms with E-state index in [0.29, 0.717) is 13.0 Å². The number of rotatable bonds is 10. The first-order valence-corrected chi connectivity index (χ1v) is 7.73. The monoisotopic (exact) mass is 277 g/mol. The van der Waals surface area contributed by atoms with Crippen LogP contribution in [0.15, 0.2) is 30.3 Å². The molecule has 1 aromatic carbocycles. The predicted molar refractivity (Wildman–Crippen MR) is 83.9 cm³/mol. The fraction of sp³-hybridized carbons (Fsp3) is 0.588. The molecule has 0 radical (unpaired) electrons. The first kappa shape index (κ1) is 16.5. The highest BCUT2D eigenvalue weighted by Crippen LogP contribution is 2.15. The number of anilines is 1. The van der Waals surface area contributed by atoms with Crippen molar-refractivity contribution in [1.82, 2.24) is 0 Å². The molecular weight excluding hydrogens is 250 g/mol. The molecule has 0 saturated carbocycles. The van der Waals surface area contributed by atoms with Gasteiger partial charge in [-0.2, -0.15) is 0 Å². The third kappa shape index (κ3) is 7.17. The number of hydrogen-bond acceptors (Lipinski definition) is 3. The van der Waals surface area contributed by atoms with Crippen molar-refractivity contribution in [3.63, 3.8) is 0 Å².